The van der Waals surface area contributed by atoms with Gasteiger partial charge in [0.1, 0.15) is 0 Å². The third kappa shape index (κ3) is 4.36. The second-order valence-electron chi connectivity index (χ2n) is 7.84. The summed E-state index contributed by atoms with van der Waals surface area (Å²) in [6.07, 6.45) is 6.50. The molecule has 1 saturated heterocycles. The van der Waals surface area contributed by atoms with Crippen molar-refractivity contribution in [2.24, 2.45) is 0 Å². The Balaban J connectivity index is 1.35. The van der Waals surface area contributed by atoms with Gasteiger partial charge >= 0.3 is 0 Å². The molecule has 0 saturated carbocycles. The van der Waals surface area contributed by atoms with Crippen LogP contribution in [-0.4, -0.2) is 46.3 Å². The standard InChI is InChI=1S/C21H28N4O2S/c1-15-8-9-19(28-15)21(27)22-14-17-6-2-3-10-24(17)11-12-25-20(26)13-16-5-4-7-18(16)23-25/h8-9,13,17H,2-7,10-12,14H2,1H3,(H,22,27). The Morgan fingerprint density at radius 1 is 1.25 bits per heavy atom. The molecule has 0 radical (unpaired) electrons. The van der Waals surface area contributed by atoms with E-state index in [1.165, 1.54) is 24.2 Å². The summed E-state index contributed by atoms with van der Waals surface area (Å²) < 4.78 is 1.63. The molecule has 2 aromatic heterocycles. The largest absolute Gasteiger partial charge is 0.350 e. The molecule has 3 heterocycles. The van der Waals surface area contributed by atoms with Crippen LogP contribution in [-0.2, 0) is 19.4 Å². The van der Waals surface area contributed by atoms with Gasteiger partial charge in [-0.1, -0.05) is 6.42 Å². The Kier molecular flexibility index (Phi) is 5.92. The van der Waals surface area contributed by atoms with Crippen molar-refractivity contribution in [3.8, 4) is 0 Å². The molecule has 1 atom stereocenters. The molecular weight excluding hydrogens is 372 g/mol. The highest BCUT2D eigenvalue weighted by atomic mass is 32.1. The van der Waals surface area contributed by atoms with Gasteiger partial charge < -0.3 is 5.32 Å². The van der Waals surface area contributed by atoms with Crippen molar-refractivity contribution in [2.45, 2.75) is 58.0 Å². The van der Waals surface area contributed by atoms with Crippen LogP contribution in [0.25, 0.3) is 0 Å². The number of nitrogens with one attached hydrogen (secondary N) is 1. The number of likely N-dealkylation sites (tertiary alicyclic amines) is 1. The van der Waals surface area contributed by atoms with Gasteiger partial charge in [0.05, 0.1) is 17.1 Å². The first kappa shape index (κ1) is 19.3. The molecule has 0 bridgehead atoms. The molecule has 0 aromatic carbocycles. The Morgan fingerprint density at radius 2 is 2.14 bits per heavy atom. The lowest BCUT2D eigenvalue weighted by Gasteiger charge is -2.35. The summed E-state index contributed by atoms with van der Waals surface area (Å²) in [6, 6.07) is 5.96. The van der Waals surface area contributed by atoms with Crippen molar-refractivity contribution >= 4 is 17.2 Å². The predicted octanol–water partition coefficient (Wildman–Crippen LogP) is 2.39. The van der Waals surface area contributed by atoms with Gasteiger partial charge in [-0.25, -0.2) is 4.68 Å². The van der Waals surface area contributed by atoms with E-state index in [1.54, 1.807) is 10.7 Å². The Labute approximate surface area is 169 Å². The molecule has 4 rings (SSSR count). The van der Waals surface area contributed by atoms with Crippen molar-refractivity contribution in [3.05, 3.63) is 49.6 Å². The molecule has 6 nitrogen and oxygen atoms in total. The number of nitrogens with zero attached hydrogens (tertiary/aromatic N) is 3. The number of amides is 1. The van der Waals surface area contributed by atoms with Gasteiger partial charge in [0, 0.05) is 30.1 Å². The van der Waals surface area contributed by atoms with Gasteiger partial charge in [-0.05, 0) is 63.3 Å². The number of aromatic nitrogens is 2. The number of hydrogen-bond donors (Lipinski definition) is 1. The molecule has 1 N–H and O–H groups in total. The SMILES string of the molecule is Cc1ccc(C(=O)NCC2CCCCN2CCn2nc3c(cc2=O)CCC3)s1. The smallest absolute Gasteiger partial charge is 0.267 e. The summed E-state index contributed by atoms with van der Waals surface area (Å²) in [7, 11) is 0. The fourth-order valence-electron chi connectivity index (χ4n) is 4.26. The van der Waals surface area contributed by atoms with Gasteiger partial charge in [0.25, 0.3) is 11.5 Å². The minimum absolute atomic E-state index is 0.00979. The third-order valence-electron chi connectivity index (χ3n) is 5.83. The van der Waals surface area contributed by atoms with E-state index in [2.05, 4.69) is 15.3 Å². The van der Waals surface area contributed by atoms with E-state index < -0.39 is 0 Å². The summed E-state index contributed by atoms with van der Waals surface area (Å²) in [5.74, 6) is 0.0140. The highest BCUT2D eigenvalue weighted by molar-refractivity contribution is 7.13. The van der Waals surface area contributed by atoms with Crippen molar-refractivity contribution in [1.29, 1.82) is 0 Å². The minimum atomic E-state index is 0.00979. The molecule has 1 amide bonds. The van der Waals surface area contributed by atoms with Crippen LogP contribution in [0.15, 0.2) is 23.0 Å². The number of carbonyl (C=O) groups is 1. The second-order valence-corrected chi connectivity index (χ2v) is 9.12. The zero-order chi connectivity index (χ0) is 19.5. The summed E-state index contributed by atoms with van der Waals surface area (Å²) in [4.78, 5) is 29.0. The van der Waals surface area contributed by atoms with E-state index in [1.807, 2.05) is 19.1 Å². The van der Waals surface area contributed by atoms with Crippen LogP contribution in [0, 0.1) is 6.92 Å². The Morgan fingerprint density at radius 3 is 2.96 bits per heavy atom. The molecule has 28 heavy (non-hydrogen) atoms. The fraction of sp³-hybridized carbons (Fsp3) is 0.571. The van der Waals surface area contributed by atoms with Crippen LogP contribution in [0.5, 0.6) is 0 Å². The number of aryl methyl sites for hydroxylation is 3. The molecule has 1 aliphatic carbocycles. The molecular formula is C21H28N4O2S. The van der Waals surface area contributed by atoms with Gasteiger partial charge in [-0.2, -0.15) is 5.10 Å². The van der Waals surface area contributed by atoms with Gasteiger partial charge in [0.2, 0.25) is 0 Å². The van der Waals surface area contributed by atoms with Gasteiger partial charge in [0.15, 0.2) is 0 Å². The molecule has 0 spiro atoms. The first-order valence-electron chi connectivity index (χ1n) is 10.3. The van der Waals surface area contributed by atoms with Crippen LogP contribution >= 0.6 is 11.3 Å². The third-order valence-corrected chi connectivity index (χ3v) is 6.83. The van der Waals surface area contributed by atoms with Crippen molar-refractivity contribution < 1.29 is 4.79 Å². The van der Waals surface area contributed by atoms with E-state index in [9.17, 15) is 9.59 Å². The lowest BCUT2D eigenvalue weighted by atomic mass is 10.0. The summed E-state index contributed by atoms with van der Waals surface area (Å²) in [5.41, 5.74) is 2.23. The number of thiophene rings is 1. The van der Waals surface area contributed by atoms with Crippen LogP contribution in [0.3, 0.4) is 0 Å². The average molecular weight is 401 g/mol. The highest BCUT2D eigenvalue weighted by Crippen LogP contribution is 2.19. The predicted molar refractivity (Wildman–Crippen MR) is 111 cm³/mol. The number of hydrogen-bond acceptors (Lipinski definition) is 5. The first-order valence-corrected chi connectivity index (χ1v) is 11.1. The number of rotatable bonds is 6. The summed E-state index contributed by atoms with van der Waals surface area (Å²) >= 11 is 1.53. The van der Waals surface area contributed by atoms with E-state index in [4.69, 9.17) is 0 Å². The summed E-state index contributed by atoms with van der Waals surface area (Å²) in [5, 5.41) is 7.69. The zero-order valence-corrected chi connectivity index (χ0v) is 17.3. The molecule has 7 heteroatoms. The van der Waals surface area contributed by atoms with E-state index in [-0.39, 0.29) is 11.5 Å². The molecule has 2 aromatic rings. The van der Waals surface area contributed by atoms with Gasteiger partial charge in [-0.3, -0.25) is 14.5 Å². The fourth-order valence-corrected chi connectivity index (χ4v) is 5.05. The zero-order valence-electron chi connectivity index (χ0n) is 16.4. The van der Waals surface area contributed by atoms with Crippen molar-refractivity contribution in [2.75, 3.05) is 19.6 Å². The lowest BCUT2D eigenvalue weighted by molar-refractivity contribution is 0.0913. The number of fused-ring (bicyclic) bond motifs is 1. The van der Waals surface area contributed by atoms with Crippen molar-refractivity contribution in [1.82, 2.24) is 20.0 Å². The molecule has 1 aliphatic heterocycles. The number of piperidine rings is 1. The maximum Gasteiger partial charge on any atom is 0.267 e. The molecule has 150 valence electrons. The highest BCUT2D eigenvalue weighted by Gasteiger charge is 2.23. The molecule has 1 fully saturated rings. The monoisotopic (exact) mass is 400 g/mol. The Bertz CT molecular complexity index is 904. The van der Waals surface area contributed by atoms with Crippen LogP contribution in [0.2, 0.25) is 0 Å². The van der Waals surface area contributed by atoms with E-state index in [0.717, 1.165) is 59.8 Å². The average Bonchev–Trinajstić information content (AvgIpc) is 3.33. The maximum atomic E-state index is 12.4. The van der Waals surface area contributed by atoms with E-state index in [0.29, 0.717) is 19.1 Å². The number of carbonyl (C=O) groups excluding carboxylic acids is 1. The van der Waals surface area contributed by atoms with E-state index >= 15 is 0 Å². The second kappa shape index (κ2) is 8.57. The van der Waals surface area contributed by atoms with Crippen molar-refractivity contribution in [3.63, 3.8) is 0 Å². The summed E-state index contributed by atoms with van der Waals surface area (Å²) in [6.45, 7) is 5.09. The Hall–Kier alpha value is -1.99. The minimum Gasteiger partial charge on any atom is -0.350 e. The molecule has 2 aliphatic rings. The van der Waals surface area contributed by atoms with Crippen LogP contribution < -0.4 is 10.9 Å². The van der Waals surface area contributed by atoms with Crippen LogP contribution in [0.4, 0.5) is 0 Å². The van der Waals surface area contributed by atoms with Gasteiger partial charge in [-0.15, -0.1) is 11.3 Å². The normalized spacial score (nSPS) is 19.5. The first-order chi connectivity index (χ1) is 13.6. The van der Waals surface area contributed by atoms with Crippen LogP contribution in [0.1, 0.15) is 51.5 Å². The topological polar surface area (TPSA) is 67.2 Å². The molecule has 1 unspecified atom stereocenters. The maximum absolute atomic E-state index is 12.4. The quantitative estimate of drug-likeness (QED) is 0.809. The lowest BCUT2D eigenvalue weighted by Crippen LogP contribution is -2.48.